The first kappa shape index (κ1) is 14.5. The van der Waals surface area contributed by atoms with Gasteiger partial charge in [0.15, 0.2) is 0 Å². The van der Waals surface area contributed by atoms with E-state index in [9.17, 15) is 9.18 Å². The van der Waals surface area contributed by atoms with Gasteiger partial charge in [0.25, 0.3) is 5.91 Å². The van der Waals surface area contributed by atoms with Crippen molar-refractivity contribution >= 4 is 21.8 Å². The highest BCUT2D eigenvalue weighted by Gasteiger charge is 2.28. The molecule has 3 nitrogen and oxygen atoms in total. The molecule has 2 N–H and O–H groups in total. The summed E-state index contributed by atoms with van der Waals surface area (Å²) in [5.41, 5.74) is 6.13. The maximum atomic E-state index is 13.5. The van der Waals surface area contributed by atoms with Crippen molar-refractivity contribution in [3.8, 4) is 0 Å². The van der Waals surface area contributed by atoms with Crippen LogP contribution in [-0.2, 0) is 0 Å². The molecule has 2 atom stereocenters. The molecule has 1 fully saturated rings. The van der Waals surface area contributed by atoms with Gasteiger partial charge in [-0.2, -0.15) is 0 Å². The molecule has 1 aromatic carbocycles. The number of benzene rings is 1. The second-order valence-corrected chi connectivity index (χ2v) is 6.00. The van der Waals surface area contributed by atoms with Gasteiger partial charge in [0.1, 0.15) is 5.82 Å². The van der Waals surface area contributed by atoms with Crippen LogP contribution in [0.1, 0.15) is 23.7 Å². The van der Waals surface area contributed by atoms with Crippen molar-refractivity contribution in [2.24, 2.45) is 17.6 Å². The lowest BCUT2D eigenvalue weighted by Gasteiger charge is -2.36. The number of piperidine rings is 1. The third-order valence-electron chi connectivity index (χ3n) is 3.87. The zero-order valence-electron chi connectivity index (χ0n) is 10.9. The maximum Gasteiger partial charge on any atom is 0.253 e. The number of nitrogens with zero attached hydrogens (tertiary/aromatic N) is 1. The van der Waals surface area contributed by atoms with Crippen LogP contribution in [0.2, 0.25) is 0 Å². The van der Waals surface area contributed by atoms with Crippen molar-refractivity contribution in [2.75, 3.05) is 19.6 Å². The van der Waals surface area contributed by atoms with E-state index in [2.05, 4.69) is 22.9 Å². The van der Waals surface area contributed by atoms with Gasteiger partial charge in [-0.15, -0.1) is 0 Å². The Bertz CT molecular complexity index is 481. The average Bonchev–Trinajstić information content (AvgIpc) is 2.41. The summed E-state index contributed by atoms with van der Waals surface area (Å²) < 4.78 is 13.8. The van der Waals surface area contributed by atoms with E-state index >= 15 is 0 Å². The molecule has 2 rings (SSSR count). The smallest absolute Gasteiger partial charge is 0.253 e. The SMILES string of the molecule is CC1CCN(C(=O)c2ccc(Br)c(F)c2)CC1CN. The lowest BCUT2D eigenvalue weighted by Crippen LogP contribution is -2.45. The highest BCUT2D eigenvalue weighted by Crippen LogP contribution is 2.24. The predicted molar refractivity (Wildman–Crippen MR) is 76.3 cm³/mol. The van der Waals surface area contributed by atoms with Gasteiger partial charge in [-0.05, 0) is 58.9 Å². The normalized spacial score (nSPS) is 23.5. The summed E-state index contributed by atoms with van der Waals surface area (Å²) in [6.45, 7) is 4.13. The van der Waals surface area contributed by atoms with Gasteiger partial charge in [0.2, 0.25) is 0 Å². The van der Waals surface area contributed by atoms with Crippen LogP contribution in [0.4, 0.5) is 4.39 Å². The minimum Gasteiger partial charge on any atom is -0.338 e. The fraction of sp³-hybridized carbons (Fsp3) is 0.500. The van der Waals surface area contributed by atoms with Gasteiger partial charge in [-0.25, -0.2) is 4.39 Å². The summed E-state index contributed by atoms with van der Waals surface area (Å²) >= 11 is 3.09. The minimum absolute atomic E-state index is 0.114. The lowest BCUT2D eigenvalue weighted by molar-refractivity contribution is 0.0618. The van der Waals surface area contributed by atoms with Crippen molar-refractivity contribution in [1.29, 1.82) is 0 Å². The van der Waals surface area contributed by atoms with Crippen molar-refractivity contribution in [3.05, 3.63) is 34.1 Å². The third kappa shape index (κ3) is 3.15. The van der Waals surface area contributed by atoms with E-state index in [4.69, 9.17) is 5.73 Å². The number of hydrogen-bond acceptors (Lipinski definition) is 2. The first-order valence-electron chi connectivity index (χ1n) is 6.47. The Labute approximate surface area is 121 Å². The number of amides is 1. The van der Waals surface area contributed by atoms with Gasteiger partial charge in [-0.1, -0.05) is 6.92 Å². The van der Waals surface area contributed by atoms with E-state index in [0.29, 0.717) is 41.5 Å². The van der Waals surface area contributed by atoms with E-state index < -0.39 is 5.82 Å². The number of rotatable bonds is 2. The quantitative estimate of drug-likeness (QED) is 0.907. The Morgan fingerprint density at radius 1 is 1.58 bits per heavy atom. The van der Waals surface area contributed by atoms with Crippen LogP contribution in [-0.4, -0.2) is 30.4 Å². The maximum absolute atomic E-state index is 13.5. The Balaban J connectivity index is 2.13. The van der Waals surface area contributed by atoms with Crippen molar-refractivity contribution < 1.29 is 9.18 Å². The van der Waals surface area contributed by atoms with Crippen molar-refractivity contribution in [2.45, 2.75) is 13.3 Å². The monoisotopic (exact) mass is 328 g/mol. The van der Waals surface area contributed by atoms with Gasteiger partial charge >= 0.3 is 0 Å². The zero-order valence-corrected chi connectivity index (χ0v) is 12.5. The third-order valence-corrected chi connectivity index (χ3v) is 4.51. The van der Waals surface area contributed by atoms with E-state index in [0.717, 1.165) is 6.42 Å². The number of halogens is 2. The largest absolute Gasteiger partial charge is 0.338 e. The fourth-order valence-corrected chi connectivity index (χ4v) is 2.70. The molecule has 1 saturated heterocycles. The number of likely N-dealkylation sites (tertiary alicyclic amines) is 1. The van der Waals surface area contributed by atoms with E-state index in [1.54, 1.807) is 17.0 Å². The molecule has 0 bridgehead atoms. The summed E-state index contributed by atoms with van der Waals surface area (Å²) in [6, 6.07) is 4.49. The molecule has 104 valence electrons. The zero-order chi connectivity index (χ0) is 14.0. The fourth-order valence-electron chi connectivity index (χ4n) is 2.45. The predicted octanol–water partition coefficient (Wildman–Crippen LogP) is 2.65. The summed E-state index contributed by atoms with van der Waals surface area (Å²) in [5.74, 6) is 0.344. The van der Waals surface area contributed by atoms with E-state index in [-0.39, 0.29) is 5.91 Å². The number of carbonyl (C=O) groups is 1. The van der Waals surface area contributed by atoms with E-state index in [1.807, 2.05) is 0 Å². The van der Waals surface area contributed by atoms with Gasteiger partial charge < -0.3 is 10.6 Å². The lowest BCUT2D eigenvalue weighted by atomic mass is 9.87. The molecule has 1 aliphatic heterocycles. The first-order chi connectivity index (χ1) is 9.02. The molecule has 0 radical (unpaired) electrons. The minimum atomic E-state index is -0.411. The van der Waals surface area contributed by atoms with Gasteiger partial charge in [0.05, 0.1) is 4.47 Å². The molecular weight excluding hydrogens is 311 g/mol. The summed E-state index contributed by atoms with van der Waals surface area (Å²) in [7, 11) is 0. The van der Waals surface area contributed by atoms with Gasteiger partial charge in [0, 0.05) is 18.7 Å². The molecule has 19 heavy (non-hydrogen) atoms. The second-order valence-electron chi connectivity index (χ2n) is 5.14. The number of hydrogen-bond donors (Lipinski definition) is 1. The molecule has 0 aromatic heterocycles. The second kappa shape index (κ2) is 6.01. The van der Waals surface area contributed by atoms with Gasteiger partial charge in [-0.3, -0.25) is 4.79 Å². The number of nitrogens with two attached hydrogens (primary N) is 1. The Morgan fingerprint density at radius 3 is 2.95 bits per heavy atom. The molecule has 0 spiro atoms. The van der Waals surface area contributed by atoms with Crippen LogP contribution in [0, 0.1) is 17.7 Å². The summed E-state index contributed by atoms with van der Waals surface area (Å²) in [5, 5.41) is 0. The molecular formula is C14H18BrFN2O. The van der Waals surface area contributed by atoms with Crippen LogP contribution in [0.5, 0.6) is 0 Å². The van der Waals surface area contributed by atoms with Crippen LogP contribution < -0.4 is 5.73 Å². The molecule has 0 aliphatic carbocycles. The Kier molecular flexibility index (Phi) is 4.58. The summed E-state index contributed by atoms with van der Waals surface area (Å²) in [6.07, 6.45) is 0.951. The molecule has 0 saturated carbocycles. The van der Waals surface area contributed by atoms with Crippen molar-refractivity contribution in [3.63, 3.8) is 0 Å². The van der Waals surface area contributed by atoms with Crippen LogP contribution >= 0.6 is 15.9 Å². The van der Waals surface area contributed by atoms with Crippen LogP contribution in [0.25, 0.3) is 0 Å². The van der Waals surface area contributed by atoms with Crippen LogP contribution in [0.3, 0.4) is 0 Å². The number of carbonyl (C=O) groups excluding carboxylic acids is 1. The molecule has 1 aromatic rings. The van der Waals surface area contributed by atoms with Crippen molar-refractivity contribution in [1.82, 2.24) is 4.90 Å². The highest BCUT2D eigenvalue weighted by molar-refractivity contribution is 9.10. The topological polar surface area (TPSA) is 46.3 Å². The molecule has 1 aliphatic rings. The molecule has 2 unspecified atom stereocenters. The summed E-state index contributed by atoms with van der Waals surface area (Å²) in [4.78, 5) is 14.1. The van der Waals surface area contributed by atoms with Crippen LogP contribution in [0.15, 0.2) is 22.7 Å². The molecule has 5 heteroatoms. The molecule has 1 heterocycles. The average molecular weight is 329 g/mol. The highest BCUT2D eigenvalue weighted by atomic mass is 79.9. The standard InChI is InChI=1S/C14H18BrFN2O/c1-9-4-5-18(8-11(9)7-17)14(19)10-2-3-12(15)13(16)6-10/h2-3,6,9,11H,4-5,7-8,17H2,1H3. The van der Waals surface area contributed by atoms with E-state index in [1.165, 1.54) is 6.07 Å². The Morgan fingerprint density at radius 2 is 2.32 bits per heavy atom. The molecule has 1 amide bonds. The first-order valence-corrected chi connectivity index (χ1v) is 7.26. The Hall–Kier alpha value is -0.940.